The maximum absolute atomic E-state index is 13.0. The lowest BCUT2D eigenvalue weighted by molar-refractivity contribution is -0.169. The van der Waals surface area contributed by atoms with Crippen molar-refractivity contribution in [3.05, 3.63) is 35.4 Å². The van der Waals surface area contributed by atoms with E-state index in [1.54, 1.807) is 0 Å². The second-order valence-electron chi connectivity index (χ2n) is 6.11. The number of rotatable bonds is 4. The van der Waals surface area contributed by atoms with Crippen molar-refractivity contribution in [3.63, 3.8) is 0 Å². The number of hydrogen-bond donors (Lipinski definition) is 2. The second-order valence-corrected chi connectivity index (χ2v) is 6.11. The van der Waals surface area contributed by atoms with Gasteiger partial charge in [-0.3, -0.25) is 0 Å². The lowest BCUT2D eigenvalue weighted by atomic mass is 9.89. The first kappa shape index (κ1) is 19.0. The summed E-state index contributed by atoms with van der Waals surface area (Å²) in [6.45, 7) is 4.49. The lowest BCUT2D eigenvalue weighted by Crippen LogP contribution is -2.58. The maximum atomic E-state index is 13.0. The molecule has 0 aliphatic rings. The van der Waals surface area contributed by atoms with Crippen LogP contribution >= 0.6 is 0 Å². The van der Waals surface area contributed by atoms with E-state index >= 15 is 0 Å². The molecular formula is C15H18F3NO4. The molecule has 1 aromatic carbocycles. The van der Waals surface area contributed by atoms with Crippen LogP contribution in [0.4, 0.5) is 13.2 Å². The van der Waals surface area contributed by atoms with Crippen molar-refractivity contribution >= 4 is 11.9 Å². The van der Waals surface area contributed by atoms with Gasteiger partial charge in [-0.25, -0.2) is 9.59 Å². The molecule has 0 radical (unpaired) electrons. The summed E-state index contributed by atoms with van der Waals surface area (Å²) in [5, 5.41) is 9.25. The fraction of sp³-hybridized carbons (Fsp3) is 0.467. The summed E-state index contributed by atoms with van der Waals surface area (Å²) in [4.78, 5) is 23.5. The Morgan fingerprint density at radius 2 is 1.70 bits per heavy atom. The molecule has 128 valence electrons. The minimum atomic E-state index is -4.69. The highest BCUT2D eigenvalue weighted by Gasteiger charge is 2.47. The van der Waals surface area contributed by atoms with E-state index in [0.717, 1.165) is 12.1 Å². The first-order valence-corrected chi connectivity index (χ1v) is 6.68. The average Bonchev–Trinajstić information content (AvgIpc) is 2.35. The Morgan fingerprint density at radius 1 is 1.17 bits per heavy atom. The third-order valence-electron chi connectivity index (χ3n) is 2.94. The molecule has 8 heteroatoms. The van der Waals surface area contributed by atoms with Crippen LogP contribution in [-0.4, -0.2) is 28.2 Å². The first-order valence-electron chi connectivity index (χ1n) is 6.68. The number of carbonyl (C=O) groups excluding carboxylic acids is 1. The van der Waals surface area contributed by atoms with Gasteiger partial charge in [0.1, 0.15) is 5.60 Å². The zero-order valence-electron chi connectivity index (χ0n) is 12.9. The molecule has 23 heavy (non-hydrogen) atoms. The molecule has 0 unspecified atom stereocenters. The van der Waals surface area contributed by atoms with Gasteiger partial charge in [0, 0.05) is 6.42 Å². The van der Waals surface area contributed by atoms with Gasteiger partial charge in [0.2, 0.25) is 5.54 Å². The number of carboxylic acid groups (broad SMARTS) is 1. The summed E-state index contributed by atoms with van der Waals surface area (Å²) in [6.07, 6.45) is -5.53. The summed E-state index contributed by atoms with van der Waals surface area (Å²) in [7, 11) is 0. The minimum Gasteiger partial charge on any atom is -0.479 e. The van der Waals surface area contributed by atoms with E-state index < -0.39 is 46.8 Å². The fourth-order valence-corrected chi connectivity index (χ4v) is 1.86. The number of benzene rings is 1. The lowest BCUT2D eigenvalue weighted by Gasteiger charge is -2.28. The van der Waals surface area contributed by atoms with Crippen molar-refractivity contribution in [2.75, 3.05) is 0 Å². The van der Waals surface area contributed by atoms with Gasteiger partial charge in [-0.15, -0.1) is 0 Å². The summed E-state index contributed by atoms with van der Waals surface area (Å²) in [6, 6.07) is 4.35. The zero-order valence-corrected chi connectivity index (χ0v) is 12.9. The molecule has 0 bridgehead atoms. The number of halogens is 3. The molecule has 0 aromatic heterocycles. The molecule has 0 fully saturated rings. The molecule has 1 aromatic rings. The number of nitrogens with two attached hydrogens (primary N) is 1. The predicted octanol–water partition coefficient (Wildman–Crippen LogP) is 2.37. The zero-order chi connectivity index (χ0) is 18.1. The fourth-order valence-electron chi connectivity index (χ4n) is 1.86. The van der Waals surface area contributed by atoms with Crippen molar-refractivity contribution in [3.8, 4) is 0 Å². The highest BCUT2D eigenvalue weighted by atomic mass is 19.4. The van der Waals surface area contributed by atoms with Gasteiger partial charge in [-0.05, 0) is 32.4 Å². The Hall–Kier alpha value is -2.09. The Morgan fingerprint density at radius 3 is 2.13 bits per heavy atom. The number of carbonyl (C=O) groups is 2. The summed E-state index contributed by atoms with van der Waals surface area (Å²) >= 11 is 0. The van der Waals surface area contributed by atoms with Crippen molar-refractivity contribution < 1.29 is 32.6 Å². The van der Waals surface area contributed by atoms with Gasteiger partial charge in [-0.1, -0.05) is 18.2 Å². The number of hydrogen-bond acceptors (Lipinski definition) is 4. The molecule has 1 atom stereocenters. The molecule has 0 saturated carbocycles. The molecule has 3 N–H and O–H groups in total. The molecule has 0 spiro atoms. The number of carboxylic acids is 1. The smallest absolute Gasteiger partial charge is 0.416 e. The molecule has 1 rings (SSSR count). The third kappa shape index (κ3) is 4.69. The van der Waals surface area contributed by atoms with Crippen LogP contribution in [0.15, 0.2) is 24.3 Å². The quantitative estimate of drug-likeness (QED) is 0.652. The highest BCUT2D eigenvalue weighted by Crippen LogP contribution is 2.33. The number of esters is 1. The molecule has 0 aliphatic heterocycles. The van der Waals surface area contributed by atoms with Crippen LogP contribution in [0.3, 0.4) is 0 Å². The molecule has 5 nitrogen and oxygen atoms in total. The minimum absolute atomic E-state index is 0.393. The van der Waals surface area contributed by atoms with E-state index in [1.807, 2.05) is 0 Å². The van der Waals surface area contributed by atoms with Crippen LogP contribution in [0.5, 0.6) is 0 Å². The molecule has 0 aliphatic carbocycles. The Kier molecular flexibility index (Phi) is 5.10. The van der Waals surface area contributed by atoms with Crippen LogP contribution in [0.2, 0.25) is 0 Å². The van der Waals surface area contributed by atoms with E-state index in [2.05, 4.69) is 0 Å². The van der Waals surface area contributed by atoms with E-state index in [0.29, 0.717) is 0 Å². The van der Waals surface area contributed by atoms with Crippen molar-refractivity contribution in [2.24, 2.45) is 5.73 Å². The van der Waals surface area contributed by atoms with Gasteiger partial charge < -0.3 is 15.6 Å². The van der Waals surface area contributed by atoms with Gasteiger partial charge in [0.05, 0.1) is 5.56 Å². The van der Waals surface area contributed by atoms with Crippen LogP contribution < -0.4 is 5.73 Å². The number of ether oxygens (including phenoxy) is 1. The van der Waals surface area contributed by atoms with E-state index in [9.17, 15) is 27.9 Å². The van der Waals surface area contributed by atoms with Crippen LogP contribution in [-0.2, 0) is 26.9 Å². The topological polar surface area (TPSA) is 89.6 Å². The Balaban J connectivity index is 3.25. The average molecular weight is 333 g/mol. The largest absolute Gasteiger partial charge is 0.479 e. The molecule has 0 amide bonds. The van der Waals surface area contributed by atoms with Crippen LogP contribution in [0.25, 0.3) is 0 Å². The maximum Gasteiger partial charge on any atom is 0.416 e. The monoisotopic (exact) mass is 333 g/mol. The summed E-state index contributed by atoms with van der Waals surface area (Å²) in [5.41, 5.74) is 0.516. The molecular weight excluding hydrogens is 315 g/mol. The third-order valence-corrected chi connectivity index (χ3v) is 2.94. The SMILES string of the molecule is CC(C)(C)OC(=O)[C@](N)(Cc1ccccc1C(F)(F)F)C(=O)O. The van der Waals surface area contributed by atoms with Crippen molar-refractivity contribution in [2.45, 2.75) is 44.5 Å². The van der Waals surface area contributed by atoms with Crippen molar-refractivity contribution in [1.82, 2.24) is 0 Å². The molecule has 0 heterocycles. The number of aliphatic carboxylic acids is 1. The van der Waals surface area contributed by atoms with Crippen LogP contribution in [0, 0.1) is 0 Å². The Labute approximate surface area is 131 Å². The highest BCUT2D eigenvalue weighted by molar-refractivity contribution is 6.04. The van der Waals surface area contributed by atoms with E-state index in [1.165, 1.54) is 32.9 Å². The van der Waals surface area contributed by atoms with Crippen molar-refractivity contribution in [1.29, 1.82) is 0 Å². The van der Waals surface area contributed by atoms with E-state index in [4.69, 9.17) is 10.5 Å². The van der Waals surface area contributed by atoms with Gasteiger partial charge in [0.25, 0.3) is 0 Å². The van der Waals surface area contributed by atoms with E-state index in [-0.39, 0.29) is 0 Å². The summed E-state index contributed by atoms with van der Waals surface area (Å²) in [5.74, 6) is -3.06. The second kappa shape index (κ2) is 6.19. The Bertz CT molecular complexity index is 607. The standard InChI is InChI=1S/C15H18F3NO4/c1-13(2,3)23-12(22)14(19,11(20)21)8-9-6-4-5-7-10(9)15(16,17)18/h4-7H,8,19H2,1-3H3,(H,20,21)/t14-/m0/s1. The summed E-state index contributed by atoms with van der Waals surface area (Å²) < 4.78 is 43.9. The number of alkyl halides is 3. The van der Waals surface area contributed by atoms with Crippen LogP contribution in [0.1, 0.15) is 31.9 Å². The van der Waals surface area contributed by atoms with Gasteiger partial charge >= 0.3 is 18.1 Å². The molecule has 0 saturated heterocycles. The van der Waals surface area contributed by atoms with Gasteiger partial charge in [0.15, 0.2) is 0 Å². The predicted molar refractivity (Wildman–Crippen MR) is 75.5 cm³/mol. The first-order chi connectivity index (χ1) is 10.3. The normalized spacial score (nSPS) is 14.9. The van der Waals surface area contributed by atoms with Gasteiger partial charge in [-0.2, -0.15) is 13.2 Å².